The number of carbonyl (C=O) groups is 1. The predicted molar refractivity (Wildman–Crippen MR) is 118 cm³/mol. The van der Waals surface area contributed by atoms with E-state index < -0.39 is 0 Å². The molecule has 152 valence electrons. The third kappa shape index (κ3) is 2.61. The van der Waals surface area contributed by atoms with E-state index in [9.17, 15) is 4.79 Å². The lowest BCUT2D eigenvalue weighted by atomic mass is 9.84. The lowest BCUT2D eigenvalue weighted by molar-refractivity contribution is -0.117. The van der Waals surface area contributed by atoms with E-state index in [1.807, 2.05) is 47.0 Å². The minimum absolute atomic E-state index is 0.0867. The highest BCUT2D eigenvalue weighted by Crippen LogP contribution is 2.51. The van der Waals surface area contributed by atoms with Crippen LogP contribution in [0.25, 0.3) is 21.8 Å². The van der Waals surface area contributed by atoms with E-state index in [0.29, 0.717) is 12.3 Å². The number of hydrogen-bond acceptors (Lipinski definition) is 4. The first-order valence-corrected chi connectivity index (χ1v) is 10.5. The Kier molecular flexibility index (Phi) is 3.54. The number of hydrogen-bond donors (Lipinski definition) is 2. The summed E-state index contributed by atoms with van der Waals surface area (Å²) in [6.07, 6.45) is 3.12. The van der Waals surface area contributed by atoms with Crippen LogP contribution in [0.3, 0.4) is 0 Å². The molecule has 0 spiro atoms. The first-order valence-electron chi connectivity index (χ1n) is 10.5. The summed E-state index contributed by atoms with van der Waals surface area (Å²) in [5, 5.41) is 17.6. The number of aromatic nitrogens is 4. The van der Waals surface area contributed by atoms with Crippen LogP contribution in [-0.4, -0.2) is 32.4 Å². The van der Waals surface area contributed by atoms with Crippen molar-refractivity contribution in [2.75, 3.05) is 16.8 Å². The Balaban J connectivity index is 1.35. The van der Waals surface area contributed by atoms with Crippen molar-refractivity contribution in [2.24, 2.45) is 18.4 Å². The van der Waals surface area contributed by atoms with Gasteiger partial charge in [-0.15, -0.1) is 0 Å². The number of aromatic amines is 1. The van der Waals surface area contributed by atoms with Crippen LogP contribution in [0.4, 0.5) is 17.3 Å². The standard InChI is InChI=1S/C23H24N6O/c1-23(14-7-8-14)12-20(30)29(13-23)22-17-10-9-15(11-19(17)28(2)27-22)24-21-16-5-3-4-6-18(16)25-26-21/h3-6,9-11,14H,7-8,12-13H2,1-2H3,(H2,24,25,26). The maximum absolute atomic E-state index is 12.8. The molecule has 2 aliphatic rings. The predicted octanol–water partition coefficient (Wildman–Crippen LogP) is 4.35. The normalized spacial score (nSPS) is 21.8. The van der Waals surface area contributed by atoms with Crippen LogP contribution in [0.5, 0.6) is 0 Å². The molecule has 2 N–H and O–H groups in total. The van der Waals surface area contributed by atoms with Crippen molar-refractivity contribution in [1.82, 2.24) is 20.0 Å². The molecule has 6 rings (SSSR count). The summed E-state index contributed by atoms with van der Waals surface area (Å²) in [6.45, 7) is 3.02. The highest BCUT2D eigenvalue weighted by atomic mass is 16.2. The number of H-pyrrole nitrogens is 1. The highest BCUT2D eigenvalue weighted by Gasteiger charge is 2.50. The van der Waals surface area contributed by atoms with Crippen LogP contribution in [0, 0.1) is 11.3 Å². The van der Waals surface area contributed by atoms with Crippen molar-refractivity contribution < 1.29 is 4.79 Å². The Morgan fingerprint density at radius 1 is 1.17 bits per heavy atom. The van der Waals surface area contributed by atoms with E-state index >= 15 is 0 Å². The smallest absolute Gasteiger partial charge is 0.228 e. The average molecular weight is 400 g/mol. The van der Waals surface area contributed by atoms with Gasteiger partial charge >= 0.3 is 0 Å². The van der Waals surface area contributed by atoms with Crippen molar-refractivity contribution in [3.63, 3.8) is 0 Å². The molecule has 0 radical (unpaired) electrons. The minimum atomic E-state index is 0.0867. The van der Waals surface area contributed by atoms with Gasteiger partial charge in [0.2, 0.25) is 5.91 Å². The fourth-order valence-corrected chi connectivity index (χ4v) is 4.90. The molecule has 1 saturated carbocycles. The van der Waals surface area contributed by atoms with Crippen molar-refractivity contribution in [1.29, 1.82) is 0 Å². The molecule has 0 bridgehead atoms. The molecular weight excluding hydrogens is 376 g/mol. The molecule has 4 aromatic rings. The fourth-order valence-electron chi connectivity index (χ4n) is 4.90. The summed E-state index contributed by atoms with van der Waals surface area (Å²) in [4.78, 5) is 14.7. The summed E-state index contributed by atoms with van der Waals surface area (Å²) in [5.74, 6) is 2.44. The minimum Gasteiger partial charge on any atom is -0.338 e. The molecule has 1 unspecified atom stereocenters. The lowest BCUT2D eigenvalue weighted by Gasteiger charge is -2.22. The van der Waals surface area contributed by atoms with E-state index in [-0.39, 0.29) is 11.3 Å². The van der Waals surface area contributed by atoms with E-state index in [1.54, 1.807) is 0 Å². The second kappa shape index (κ2) is 6.08. The second-order valence-corrected chi connectivity index (χ2v) is 9.01. The maximum Gasteiger partial charge on any atom is 0.228 e. The van der Waals surface area contributed by atoms with Gasteiger partial charge in [-0.3, -0.25) is 19.5 Å². The molecule has 7 nitrogen and oxygen atoms in total. The van der Waals surface area contributed by atoms with E-state index in [0.717, 1.165) is 45.7 Å². The van der Waals surface area contributed by atoms with Gasteiger partial charge in [0.1, 0.15) is 0 Å². The zero-order chi connectivity index (χ0) is 20.5. The van der Waals surface area contributed by atoms with Crippen molar-refractivity contribution in [3.8, 4) is 0 Å². The first kappa shape index (κ1) is 17.5. The van der Waals surface area contributed by atoms with Gasteiger partial charge in [0.15, 0.2) is 11.6 Å². The zero-order valence-corrected chi connectivity index (χ0v) is 17.1. The summed E-state index contributed by atoms with van der Waals surface area (Å²) in [6, 6.07) is 14.2. The van der Waals surface area contributed by atoms with Crippen molar-refractivity contribution in [2.45, 2.75) is 26.2 Å². The van der Waals surface area contributed by atoms with Gasteiger partial charge in [-0.2, -0.15) is 10.2 Å². The van der Waals surface area contributed by atoms with E-state index in [2.05, 4.69) is 34.6 Å². The molecule has 1 atom stereocenters. The fraction of sp³-hybridized carbons (Fsp3) is 0.348. The van der Waals surface area contributed by atoms with Gasteiger partial charge in [-0.1, -0.05) is 19.1 Å². The molecule has 1 aliphatic carbocycles. The van der Waals surface area contributed by atoms with Crippen molar-refractivity contribution >= 4 is 45.0 Å². The van der Waals surface area contributed by atoms with Gasteiger partial charge < -0.3 is 5.32 Å². The summed E-state index contributed by atoms with van der Waals surface area (Å²) in [7, 11) is 1.93. The SMILES string of the molecule is Cn1nc(N2CC(C)(C3CC3)CC2=O)c2ccc(Nc3n[nH]c4ccccc34)cc21. The van der Waals surface area contributed by atoms with Crippen LogP contribution in [0.1, 0.15) is 26.2 Å². The summed E-state index contributed by atoms with van der Waals surface area (Å²) in [5.41, 5.74) is 3.01. The number of nitrogens with one attached hydrogen (secondary N) is 2. The second-order valence-electron chi connectivity index (χ2n) is 9.01. The number of fused-ring (bicyclic) bond motifs is 2. The number of nitrogens with zero attached hydrogens (tertiary/aromatic N) is 4. The quantitative estimate of drug-likeness (QED) is 0.534. The Morgan fingerprint density at radius 2 is 2.00 bits per heavy atom. The molecule has 3 heterocycles. The van der Waals surface area contributed by atoms with Gasteiger partial charge in [-0.25, -0.2) is 0 Å². The first-order chi connectivity index (χ1) is 14.5. The number of aryl methyl sites for hydroxylation is 1. The van der Waals surface area contributed by atoms with Gasteiger partial charge in [0.05, 0.1) is 11.0 Å². The zero-order valence-electron chi connectivity index (χ0n) is 17.1. The molecule has 1 amide bonds. The number of para-hydroxylation sites is 1. The van der Waals surface area contributed by atoms with E-state index in [1.165, 1.54) is 12.8 Å². The Hall–Kier alpha value is -3.35. The molecule has 1 saturated heterocycles. The van der Waals surface area contributed by atoms with Gasteiger partial charge in [-0.05, 0) is 54.5 Å². The van der Waals surface area contributed by atoms with Gasteiger partial charge in [0, 0.05) is 36.5 Å². The van der Waals surface area contributed by atoms with Crippen LogP contribution >= 0.6 is 0 Å². The van der Waals surface area contributed by atoms with Crippen LogP contribution in [-0.2, 0) is 11.8 Å². The number of amides is 1. The number of anilines is 3. The maximum atomic E-state index is 12.8. The monoisotopic (exact) mass is 400 g/mol. The molecular formula is C23H24N6O. The topological polar surface area (TPSA) is 78.8 Å². The Bertz CT molecular complexity index is 1300. The average Bonchev–Trinajstić information content (AvgIpc) is 3.38. The van der Waals surface area contributed by atoms with Crippen LogP contribution < -0.4 is 10.2 Å². The molecule has 2 aromatic carbocycles. The Labute approximate surface area is 174 Å². The third-order valence-electron chi connectivity index (χ3n) is 6.76. The third-order valence-corrected chi connectivity index (χ3v) is 6.76. The number of rotatable bonds is 4. The molecule has 30 heavy (non-hydrogen) atoms. The molecule has 1 aliphatic heterocycles. The number of carbonyl (C=O) groups excluding carboxylic acids is 1. The largest absolute Gasteiger partial charge is 0.338 e. The van der Waals surface area contributed by atoms with Crippen LogP contribution in [0.2, 0.25) is 0 Å². The summed E-state index contributed by atoms with van der Waals surface area (Å²) < 4.78 is 1.86. The molecule has 2 fully saturated rings. The summed E-state index contributed by atoms with van der Waals surface area (Å²) >= 11 is 0. The Morgan fingerprint density at radius 3 is 2.83 bits per heavy atom. The van der Waals surface area contributed by atoms with Crippen LogP contribution in [0.15, 0.2) is 42.5 Å². The molecule has 7 heteroatoms. The van der Waals surface area contributed by atoms with Crippen molar-refractivity contribution in [3.05, 3.63) is 42.5 Å². The van der Waals surface area contributed by atoms with E-state index in [4.69, 9.17) is 5.10 Å². The lowest BCUT2D eigenvalue weighted by Crippen LogP contribution is -2.28. The molecule has 2 aromatic heterocycles. The number of benzene rings is 2. The highest BCUT2D eigenvalue weighted by molar-refractivity contribution is 6.04. The van der Waals surface area contributed by atoms with Gasteiger partial charge in [0.25, 0.3) is 0 Å².